The van der Waals surface area contributed by atoms with Crippen LogP contribution in [0.25, 0.3) is 0 Å². The van der Waals surface area contributed by atoms with Crippen LogP contribution in [0.1, 0.15) is 18.5 Å². The molecule has 0 saturated heterocycles. The van der Waals surface area contributed by atoms with Crippen molar-refractivity contribution in [3.05, 3.63) is 65.4 Å². The molecule has 1 amide bonds. The first-order valence-electron chi connectivity index (χ1n) is 8.57. The summed E-state index contributed by atoms with van der Waals surface area (Å²) in [5.41, 5.74) is 2.27. The second-order valence-electron chi connectivity index (χ2n) is 6.26. The van der Waals surface area contributed by atoms with E-state index < -0.39 is 6.04 Å². The van der Waals surface area contributed by atoms with Crippen molar-refractivity contribution in [1.82, 2.24) is 20.2 Å². The second kappa shape index (κ2) is 7.03. The van der Waals surface area contributed by atoms with E-state index in [1.807, 2.05) is 18.2 Å². The number of aromatic hydroxyl groups is 1. The van der Waals surface area contributed by atoms with Crippen LogP contribution in [0.5, 0.6) is 11.5 Å². The number of methoxy groups -OCH3 is 1. The number of hydrogen-bond donors (Lipinski definition) is 3. The normalized spacial score (nSPS) is 15.6. The van der Waals surface area contributed by atoms with E-state index in [9.17, 15) is 9.90 Å². The van der Waals surface area contributed by atoms with Gasteiger partial charge in [0.1, 0.15) is 17.5 Å². The van der Waals surface area contributed by atoms with Gasteiger partial charge >= 0.3 is 0 Å². The highest BCUT2D eigenvalue weighted by molar-refractivity contribution is 6.06. The molecule has 3 N–H and O–H groups in total. The summed E-state index contributed by atoms with van der Waals surface area (Å²) in [6.45, 7) is 1.78. The summed E-state index contributed by atoms with van der Waals surface area (Å²) in [6, 6.07) is 13.2. The van der Waals surface area contributed by atoms with Crippen molar-refractivity contribution in [3.8, 4) is 11.5 Å². The molecule has 142 valence electrons. The molecular formula is C19H18N6O3. The number of benzene rings is 2. The Morgan fingerprint density at radius 1 is 1.25 bits per heavy atom. The van der Waals surface area contributed by atoms with Crippen LogP contribution in [-0.4, -0.2) is 38.3 Å². The van der Waals surface area contributed by atoms with Gasteiger partial charge in [-0.05, 0) is 47.2 Å². The molecule has 0 spiro atoms. The lowest BCUT2D eigenvalue weighted by molar-refractivity contribution is -0.113. The summed E-state index contributed by atoms with van der Waals surface area (Å²) in [5.74, 6) is 0.728. The number of fused-ring (bicyclic) bond motifs is 1. The number of amides is 1. The molecule has 3 aromatic rings. The number of ether oxygens (including phenoxy) is 1. The topological polar surface area (TPSA) is 114 Å². The summed E-state index contributed by atoms with van der Waals surface area (Å²) < 4.78 is 6.83. The van der Waals surface area contributed by atoms with Crippen LogP contribution < -0.4 is 15.4 Å². The van der Waals surface area contributed by atoms with Gasteiger partial charge in [-0.3, -0.25) is 4.79 Å². The molecule has 0 saturated carbocycles. The minimum Gasteiger partial charge on any atom is -0.508 e. The van der Waals surface area contributed by atoms with Gasteiger partial charge in [0.2, 0.25) is 5.95 Å². The Morgan fingerprint density at radius 2 is 2.07 bits per heavy atom. The van der Waals surface area contributed by atoms with Gasteiger partial charge in [-0.2, -0.15) is 4.68 Å². The van der Waals surface area contributed by atoms with Crippen LogP contribution >= 0.6 is 0 Å². The molecule has 28 heavy (non-hydrogen) atoms. The Balaban J connectivity index is 1.77. The molecule has 9 nitrogen and oxygen atoms in total. The number of carbonyl (C=O) groups excluding carboxylic acids is 1. The Labute approximate surface area is 160 Å². The number of para-hydroxylation sites is 2. The minimum absolute atomic E-state index is 0.0906. The van der Waals surface area contributed by atoms with E-state index in [0.717, 1.165) is 0 Å². The highest BCUT2D eigenvalue weighted by atomic mass is 16.5. The number of nitrogens with zero attached hydrogens (tertiary/aromatic N) is 4. The molecule has 0 aliphatic carbocycles. The van der Waals surface area contributed by atoms with E-state index in [4.69, 9.17) is 4.74 Å². The number of anilines is 2. The first kappa shape index (κ1) is 17.5. The van der Waals surface area contributed by atoms with Crippen molar-refractivity contribution in [3.63, 3.8) is 0 Å². The summed E-state index contributed by atoms with van der Waals surface area (Å²) in [6.07, 6.45) is 0. The second-order valence-corrected chi connectivity index (χ2v) is 6.26. The molecule has 0 fully saturated rings. The number of aromatic nitrogens is 4. The molecule has 2 aromatic carbocycles. The van der Waals surface area contributed by atoms with E-state index >= 15 is 0 Å². The van der Waals surface area contributed by atoms with E-state index in [1.165, 1.54) is 4.68 Å². The summed E-state index contributed by atoms with van der Waals surface area (Å²) in [4.78, 5) is 13.2. The highest BCUT2D eigenvalue weighted by Crippen LogP contribution is 2.36. The zero-order valence-electron chi connectivity index (χ0n) is 15.2. The van der Waals surface area contributed by atoms with Gasteiger partial charge in [0.05, 0.1) is 18.4 Å². The highest BCUT2D eigenvalue weighted by Gasteiger charge is 2.34. The van der Waals surface area contributed by atoms with Gasteiger partial charge in [-0.25, -0.2) is 0 Å². The van der Waals surface area contributed by atoms with E-state index in [1.54, 1.807) is 44.4 Å². The lowest BCUT2D eigenvalue weighted by atomic mass is 9.95. The SMILES string of the molecule is COc1ccccc1NC(=O)C1=C(C)Nc2nnnn2[C@H]1c1cccc(O)c1. The molecule has 0 radical (unpaired) electrons. The Hall–Kier alpha value is -3.88. The van der Waals surface area contributed by atoms with Gasteiger partial charge < -0.3 is 20.5 Å². The first-order chi connectivity index (χ1) is 13.6. The van der Waals surface area contributed by atoms with E-state index in [0.29, 0.717) is 34.2 Å². The van der Waals surface area contributed by atoms with Crippen LogP contribution in [0, 0.1) is 0 Å². The maximum Gasteiger partial charge on any atom is 0.255 e. The van der Waals surface area contributed by atoms with Gasteiger partial charge in [0, 0.05) is 5.70 Å². The molecule has 2 heterocycles. The molecule has 1 aliphatic heterocycles. The maximum atomic E-state index is 13.2. The fraction of sp³-hybridized carbons (Fsp3) is 0.158. The van der Waals surface area contributed by atoms with Crippen molar-refractivity contribution in [2.45, 2.75) is 13.0 Å². The predicted octanol–water partition coefficient (Wildman–Crippen LogP) is 2.31. The third kappa shape index (κ3) is 3.02. The summed E-state index contributed by atoms with van der Waals surface area (Å²) >= 11 is 0. The molecule has 9 heteroatoms. The monoisotopic (exact) mass is 378 g/mol. The van der Waals surface area contributed by atoms with Crippen molar-refractivity contribution in [2.24, 2.45) is 0 Å². The number of hydrogen-bond acceptors (Lipinski definition) is 7. The third-order valence-electron chi connectivity index (χ3n) is 4.50. The van der Waals surface area contributed by atoms with Crippen LogP contribution in [0.3, 0.4) is 0 Å². The number of phenols is 1. The standard InChI is InChI=1S/C19H18N6O3/c1-11-16(18(27)21-14-8-3-4-9-15(14)28-2)17(12-6-5-7-13(26)10-12)25-19(20-11)22-23-24-25/h3-10,17,26H,1-2H3,(H,21,27)(H,20,22,24)/t17-/m0/s1. The average molecular weight is 378 g/mol. The smallest absolute Gasteiger partial charge is 0.255 e. The van der Waals surface area contributed by atoms with Crippen molar-refractivity contribution < 1.29 is 14.6 Å². The Bertz CT molecular complexity index is 1070. The largest absolute Gasteiger partial charge is 0.508 e. The third-order valence-corrected chi connectivity index (χ3v) is 4.50. The van der Waals surface area contributed by atoms with Gasteiger partial charge in [-0.15, -0.1) is 0 Å². The van der Waals surface area contributed by atoms with Gasteiger partial charge in [0.25, 0.3) is 5.91 Å². The van der Waals surface area contributed by atoms with E-state index in [2.05, 4.69) is 26.2 Å². The lowest BCUT2D eigenvalue weighted by Crippen LogP contribution is -2.31. The average Bonchev–Trinajstić information content (AvgIpc) is 3.15. The fourth-order valence-corrected chi connectivity index (χ4v) is 3.25. The molecule has 0 bridgehead atoms. The number of carbonyl (C=O) groups is 1. The van der Waals surface area contributed by atoms with Crippen molar-refractivity contribution in [2.75, 3.05) is 17.7 Å². The molecule has 4 rings (SSSR count). The van der Waals surface area contributed by atoms with Gasteiger partial charge in [0.15, 0.2) is 0 Å². The lowest BCUT2D eigenvalue weighted by Gasteiger charge is -2.28. The molecule has 1 aromatic heterocycles. The number of allylic oxidation sites excluding steroid dienone is 1. The number of tetrazole rings is 1. The number of rotatable bonds is 4. The fourth-order valence-electron chi connectivity index (χ4n) is 3.25. The van der Waals surface area contributed by atoms with Gasteiger partial charge in [-0.1, -0.05) is 29.4 Å². The molecule has 1 aliphatic rings. The minimum atomic E-state index is -0.604. The number of phenolic OH excluding ortho intramolecular Hbond substituents is 1. The van der Waals surface area contributed by atoms with Crippen molar-refractivity contribution >= 4 is 17.5 Å². The summed E-state index contributed by atoms with van der Waals surface area (Å²) in [7, 11) is 1.54. The summed E-state index contributed by atoms with van der Waals surface area (Å²) in [5, 5.41) is 27.5. The van der Waals surface area contributed by atoms with Crippen LogP contribution in [0.2, 0.25) is 0 Å². The molecular weight excluding hydrogens is 360 g/mol. The molecule has 1 atom stereocenters. The zero-order chi connectivity index (χ0) is 19.7. The maximum absolute atomic E-state index is 13.2. The number of nitrogens with one attached hydrogen (secondary N) is 2. The van der Waals surface area contributed by atoms with Crippen LogP contribution in [-0.2, 0) is 4.79 Å². The first-order valence-corrected chi connectivity index (χ1v) is 8.57. The predicted molar refractivity (Wildman–Crippen MR) is 102 cm³/mol. The van der Waals surface area contributed by atoms with Crippen LogP contribution in [0.4, 0.5) is 11.6 Å². The zero-order valence-corrected chi connectivity index (χ0v) is 15.2. The quantitative estimate of drug-likeness (QED) is 0.638. The Kier molecular flexibility index (Phi) is 4.40. The van der Waals surface area contributed by atoms with Crippen LogP contribution in [0.15, 0.2) is 59.8 Å². The van der Waals surface area contributed by atoms with E-state index in [-0.39, 0.29) is 11.7 Å². The Morgan fingerprint density at radius 3 is 2.86 bits per heavy atom. The molecule has 0 unspecified atom stereocenters. The van der Waals surface area contributed by atoms with Crippen molar-refractivity contribution in [1.29, 1.82) is 0 Å².